The molecule has 1 aromatic carbocycles. The van der Waals surface area contributed by atoms with Crippen molar-refractivity contribution < 1.29 is 33.8 Å². The Balaban J connectivity index is 3.25. The van der Waals surface area contributed by atoms with Crippen molar-refractivity contribution in [2.45, 2.75) is 33.7 Å². The molecule has 1 rings (SSSR count). The molecule has 24 heavy (non-hydrogen) atoms. The highest BCUT2D eigenvalue weighted by molar-refractivity contribution is 6.00. The number of rotatable bonds is 6. The number of carboxylic acid groups (broad SMARTS) is 1. The Morgan fingerprint density at radius 1 is 1.04 bits per heavy atom. The molecule has 1 atom stereocenters. The first-order valence-electron chi connectivity index (χ1n) is 7.17. The lowest BCUT2D eigenvalue weighted by Gasteiger charge is -2.19. The summed E-state index contributed by atoms with van der Waals surface area (Å²) in [5, 5.41) is 11.5. The van der Waals surface area contributed by atoms with Crippen LogP contribution in [-0.2, 0) is 14.4 Å². The van der Waals surface area contributed by atoms with Gasteiger partial charge in [0.2, 0.25) is 0 Å². The second-order valence-corrected chi connectivity index (χ2v) is 5.35. The van der Waals surface area contributed by atoms with Crippen LogP contribution in [0.15, 0.2) is 18.2 Å². The van der Waals surface area contributed by atoms with E-state index < -0.39 is 29.9 Å². The molecule has 0 radical (unpaired) electrons. The van der Waals surface area contributed by atoms with E-state index >= 15 is 0 Å². The Morgan fingerprint density at radius 2 is 1.62 bits per heavy atom. The van der Waals surface area contributed by atoms with Gasteiger partial charge in [0, 0.05) is 13.8 Å². The van der Waals surface area contributed by atoms with E-state index in [9.17, 15) is 19.2 Å². The fraction of sp³-hybridized carbons (Fsp3) is 0.375. The molecular weight excluding hydrogens is 318 g/mol. The normalized spacial score (nSPS) is 11.5. The van der Waals surface area contributed by atoms with Crippen LogP contribution in [0.1, 0.15) is 38.1 Å². The van der Waals surface area contributed by atoms with Crippen molar-refractivity contribution in [3.8, 4) is 11.5 Å². The Bertz CT molecular complexity index is 666. The zero-order valence-corrected chi connectivity index (χ0v) is 13.8. The minimum atomic E-state index is -1.19. The van der Waals surface area contributed by atoms with Crippen LogP contribution in [0.3, 0.4) is 0 Å². The first-order valence-corrected chi connectivity index (χ1v) is 7.17. The first-order chi connectivity index (χ1) is 11.1. The summed E-state index contributed by atoms with van der Waals surface area (Å²) in [6.45, 7) is 5.56. The number of hydrogen-bond donors (Lipinski definition) is 2. The molecule has 8 heteroatoms. The molecule has 2 N–H and O–H groups in total. The summed E-state index contributed by atoms with van der Waals surface area (Å²) in [4.78, 5) is 46.0. The van der Waals surface area contributed by atoms with Crippen molar-refractivity contribution in [2.75, 3.05) is 0 Å². The highest BCUT2D eigenvalue weighted by Gasteiger charge is 2.27. The highest BCUT2D eigenvalue weighted by Crippen LogP contribution is 2.32. The maximum atomic E-state index is 12.4. The SMILES string of the molecule is CC(=O)Oc1cccc(C(=O)NC(C(=O)O)C(C)C)c1OC(C)=O. The maximum Gasteiger partial charge on any atom is 0.326 e. The Kier molecular flexibility index (Phi) is 6.46. The average molecular weight is 337 g/mol. The van der Waals surface area contributed by atoms with Crippen molar-refractivity contribution in [1.82, 2.24) is 5.32 Å². The monoisotopic (exact) mass is 337 g/mol. The minimum absolute atomic E-state index is 0.109. The number of ether oxygens (including phenoxy) is 2. The van der Waals surface area contributed by atoms with E-state index in [2.05, 4.69) is 5.32 Å². The van der Waals surface area contributed by atoms with Gasteiger partial charge in [-0.3, -0.25) is 14.4 Å². The standard InChI is InChI=1S/C16H19NO7/c1-8(2)13(16(21)22)17-15(20)11-6-5-7-12(23-9(3)18)14(11)24-10(4)19/h5-8,13H,1-4H3,(H,17,20)(H,21,22). The molecule has 0 aliphatic carbocycles. The lowest BCUT2D eigenvalue weighted by Crippen LogP contribution is -2.44. The van der Waals surface area contributed by atoms with Gasteiger partial charge < -0.3 is 19.9 Å². The number of esters is 2. The van der Waals surface area contributed by atoms with Gasteiger partial charge in [0.25, 0.3) is 5.91 Å². The number of benzene rings is 1. The lowest BCUT2D eigenvalue weighted by atomic mass is 10.0. The third-order valence-electron chi connectivity index (χ3n) is 2.94. The Morgan fingerprint density at radius 3 is 2.08 bits per heavy atom. The molecule has 0 saturated heterocycles. The molecule has 0 heterocycles. The van der Waals surface area contributed by atoms with Crippen LogP contribution < -0.4 is 14.8 Å². The van der Waals surface area contributed by atoms with Gasteiger partial charge in [0.15, 0.2) is 11.5 Å². The van der Waals surface area contributed by atoms with E-state index in [1.807, 2.05) is 0 Å². The number of nitrogens with one attached hydrogen (secondary N) is 1. The van der Waals surface area contributed by atoms with Crippen LogP contribution in [0.25, 0.3) is 0 Å². The summed E-state index contributed by atoms with van der Waals surface area (Å²) in [5.41, 5.74) is -0.115. The molecule has 0 aliphatic rings. The van der Waals surface area contributed by atoms with Gasteiger partial charge in [0.1, 0.15) is 6.04 Å². The predicted octanol–water partition coefficient (Wildman–Crippen LogP) is 1.38. The fourth-order valence-electron chi connectivity index (χ4n) is 1.91. The summed E-state index contributed by atoms with van der Waals surface area (Å²) in [5.74, 6) is -4.05. The summed E-state index contributed by atoms with van der Waals surface area (Å²) in [7, 11) is 0. The number of carbonyl (C=O) groups excluding carboxylic acids is 3. The molecule has 0 saturated carbocycles. The number of aliphatic carboxylic acids is 1. The topological polar surface area (TPSA) is 119 Å². The smallest absolute Gasteiger partial charge is 0.326 e. The van der Waals surface area contributed by atoms with Crippen molar-refractivity contribution in [2.24, 2.45) is 5.92 Å². The van der Waals surface area contributed by atoms with Gasteiger partial charge in [-0.25, -0.2) is 4.79 Å². The second-order valence-electron chi connectivity index (χ2n) is 5.35. The number of carbonyl (C=O) groups is 4. The van der Waals surface area contributed by atoms with Gasteiger partial charge >= 0.3 is 17.9 Å². The van der Waals surface area contributed by atoms with Crippen molar-refractivity contribution in [3.05, 3.63) is 23.8 Å². The summed E-state index contributed by atoms with van der Waals surface area (Å²) >= 11 is 0. The average Bonchev–Trinajstić information content (AvgIpc) is 2.44. The molecule has 8 nitrogen and oxygen atoms in total. The largest absolute Gasteiger partial charge is 0.480 e. The zero-order valence-electron chi connectivity index (χ0n) is 13.8. The number of para-hydroxylation sites is 1. The molecule has 130 valence electrons. The molecule has 1 aromatic rings. The van der Waals surface area contributed by atoms with Crippen LogP contribution in [0.4, 0.5) is 0 Å². The van der Waals surface area contributed by atoms with Gasteiger partial charge in [0.05, 0.1) is 5.56 Å². The molecule has 0 spiro atoms. The molecule has 0 fully saturated rings. The lowest BCUT2D eigenvalue weighted by molar-refractivity contribution is -0.140. The first kappa shape index (κ1) is 19.1. The van der Waals surface area contributed by atoms with Gasteiger partial charge in [-0.1, -0.05) is 19.9 Å². The molecule has 1 unspecified atom stereocenters. The van der Waals surface area contributed by atoms with Crippen LogP contribution in [0, 0.1) is 5.92 Å². The van der Waals surface area contributed by atoms with Crippen molar-refractivity contribution >= 4 is 23.8 Å². The second kappa shape index (κ2) is 8.09. The quantitative estimate of drug-likeness (QED) is 0.594. The fourth-order valence-corrected chi connectivity index (χ4v) is 1.91. The number of carboxylic acids is 1. The van der Waals surface area contributed by atoms with E-state index in [1.165, 1.54) is 18.2 Å². The van der Waals surface area contributed by atoms with Gasteiger partial charge in [-0.05, 0) is 18.1 Å². The van der Waals surface area contributed by atoms with E-state index in [0.717, 1.165) is 13.8 Å². The molecule has 0 aromatic heterocycles. The Hall–Kier alpha value is -2.90. The van der Waals surface area contributed by atoms with E-state index in [-0.39, 0.29) is 23.0 Å². The molecular formula is C16H19NO7. The van der Waals surface area contributed by atoms with Gasteiger partial charge in [-0.2, -0.15) is 0 Å². The van der Waals surface area contributed by atoms with Crippen molar-refractivity contribution in [3.63, 3.8) is 0 Å². The molecule has 1 amide bonds. The van der Waals surface area contributed by atoms with E-state index in [1.54, 1.807) is 13.8 Å². The van der Waals surface area contributed by atoms with Crippen LogP contribution in [0.5, 0.6) is 11.5 Å². The minimum Gasteiger partial charge on any atom is -0.480 e. The van der Waals surface area contributed by atoms with Crippen LogP contribution in [-0.4, -0.2) is 35.0 Å². The summed E-state index contributed by atoms with van der Waals surface area (Å²) < 4.78 is 9.90. The summed E-state index contributed by atoms with van der Waals surface area (Å²) in [6, 6.07) is 2.98. The zero-order chi connectivity index (χ0) is 18.4. The number of amides is 1. The predicted molar refractivity (Wildman–Crippen MR) is 82.8 cm³/mol. The van der Waals surface area contributed by atoms with Crippen LogP contribution in [0.2, 0.25) is 0 Å². The summed E-state index contributed by atoms with van der Waals surface area (Å²) in [6.07, 6.45) is 0. The third kappa shape index (κ3) is 5.08. The molecule has 0 aliphatic heterocycles. The molecule has 0 bridgehead atoms. The maximum absolute atomic E-state index is 12.4. The number of hydrogen-bond acceptors (Lipinski definition) is 6. The highest BCUT2D eigenvalue weighted by atomic mass is 16.6. The van der Waals surface area contributed by atoms with Crippen molar-refractivity contribution in [1.29, 1.82) is 0 Å². The van der Waals surface area contributed by atoms with E-state index in [0.29, 0.717) is 0 Å². The van der Waals surface area contributed by atoms with Crippen LogP contribution >= 0.6 is 0 Å². The van der Waals surface area contributed by atoms with E-state index in [4.69, 9.17) is 14.6 Å². The van der Waals surface area contributed by atoms with Gasteiger partial charge in [-0.15, -0.1) is 0 Å². The Labute approximate surface area is 138 Å². The third-order valence-corrected chi connectivity index (χ3v) is 2.94.